The fourth-order valence-electron chi connectivity index (χ4n) is 3.02. The molecule has 0 amide bonds. The van der Waals surface area contributed by atoms with E-state index in [1.54, 1.807) is 0 Å². The molecule has 0 unspecified atom stereocenters. The van der Waals surface area contributed by atoms with Gasteiger partial charge in [-0.1, -0.05) is 42.5 Å². The number of hydrogen-bond acceptors (Lipinski definition) is 1. The number of imidazole rings is 1. The Morgan fingerprint density at radius 1 is 0.952 bits per heavy atom. The second kappa shape index (κ2) is 5.04. The minimum atomic E-state index is 0. The van der Waals surface area contributed by atoms with Crippen LogP contribution in [-0.2, 0) is 13.5 Å². The summed E-state index contributed by atoms with van der Waals surface area (Å²) in [6, 6.07) is 16.8. The number of rotatable bonds is 0. The fraction of sp³-hybridized carbons (Fsp3) is 0.118. The molecule has 2 aromatic carbocycles. The van der Waals surface area contributed by atoms with Crippen LogP contribution in [0.25, 0.3) is 16.9 Å². The maximum Gasteiger partial charge on any atom is 0.206 e. The second-order valence-electron chi connectivity index (χ2n) is 5.25. The predicted molar refractivity (Wildman–Crippen MR) is 89.2 cm³/mol. The van der Waals surface area contributed by atoms with E-state index in [1.807, 2.05) is 28.4 Å². The topological polar surface area (TPSA) is 33.7 Å². The second-order valence-corrected chi connectivity index (χ2v) is 5.25. The average Bonchev–Trinajstić information content (AvgIpc) is 2.68. The third kappa shape index (κ3) is 1.98. The standard InChI is InChI=1S/C17H15N3.BrH/c1-19-11-16-14-8-4-2-6-12(14)10-13-7-3-5-9-15(13)20(16)17(19)18;/h2-9,11,18H,10H2,1H3;1H. The van der Waals surface area contributed by atoms with Crippen LogP contribution in [0.2, 0.25) is 0 Å². The van der Waals surface area contributed by atoms with Gasteiger partial charge in [0.25, 0.3) is 0 Å². The van der Waals surface area contributed by atoms with Gasteiger partial charge in [-0.15, -0.1) is 17.0 Å². The molecule has 0 fully saturated rings. The Hall–Kier alpha value is -2.07. The van der Waals surface area contributed by atoms with Crippen molar-refractivity contribution in [3.05, 3.63) is 71.5 Å². The van der Waals surface area contributed by atoms with E-state index in [4.69, 9.17) is 5.41 Å². The molecular formula is C17H16BrN3. The third-order valence-electron chi connectivity index (χ3n) is 4.01. The molecule has 0 radical (unpaired) electrons. The molecule has 106 valence electrons. The zero-order chi connectivity index (χ0) is 13.7. The van der Waals surface area contributed by atoms with Crippen LogP contribution in [-0.4, -0.2) is 9.13 Å². The van der Waals surface area contributed by atoms with Crippen LogP contribution >= 0.6 is 17.0 Å². The first kappa shape index (κ1) is 13.9. The molecule has 1 N–H and O–H groups in total. The quantitative estimate of drug-likeness (QED) is 0.508. The number of fused-ring (bicyclic) bond motifs is 5. The molecule has 4 rings (SSSR count). The molecule has 0 aliphatic carbocycles. The van der Waals surface area contributed by atoms with Gasteiger partial charge in [0.05, 0.1) is 11.4 Å². The molecule has 1 aromatic heterocycles. The number of aromatic nitrogens is 2. The largest absolute Gasteiger partial charge is 0.320 e. The van der Waals surface area contributed by atoms with Gasteiger partial charge in [-0.2, -0.15) is 0 Å². The number of hydrogen-bond donors (Lipinski definition) is 1. The Labute approximate surface area is 133 Å². The van der Waals surface area contributed by atoms with E-state index in [2.05, 4.69) is 42.5 Å². The van der Waals surface area contributed by atoms with Gasteiger partial charge in [0.15, 0.2) is 0 Å². The number of halogens is 1. The minimum absolute atomic E-state index is 0. The van der Waals surface area contributed by atoms with Crippen molar-refractivity contribution in [2.75, 3.05) is 0 Å². The van der Waals surface area contributed by atoms with E-state index in [-0.39, 0.29) is 17.0 Å². The summed E-state index contributed by atoms with van der Waals surface area (Å²) in [5, 5.41) is 8.35. The van der Waals surface area contributed by atoms with Crippen molar-refractivity contribution in [3.63, 3.8) is 0 Å². The molecule has 0 atom stereocenters. The number of nitrogens with zero attached hydrogens (tertiary/aromatic N) is 2. The summed E-state index contributed by atoms with van der Waals surface area (Å²) in [4.78, 5) is 0. The Morgan fingerprint density at radius 2 is 1.62 bits per heavy atom. The predicted octanol–water partition coefficient (Wildman–Crippen LogP) is 3.44. The van der Waals surface area contributed by atoms with Crippen molar-refractivity contribution in [3.8, 4) is 16.9 Å². The molecular weight excluding hydrogens is 326 g/mol. The van der Waals surface area contributed by atoms with Crippen molar-refractivity contribution in [1.82, 2.24) is 9.13 Å². The summed E-state index contributed by atoms with van der Waals surface area (Å²) in [6.07, 6.45) is 2.96. The summed E-state index contributed by atoms with van der Waals surface area (Å²) >= 11 is 0. The Morgan fingerprint density at radius 3 is 2.43 bits per heavy atom. The summed E-state index contributed by atoms with van der Waals surface area (Å²) in [7, 11) is 1.93. The summed E-state index contributed by atoms with van der Waals surface area (Å²) in [5.41, 5.74) is 6.52. The highest BCUT2D eigenvalue weighted by atomic mass is 79.9. The molecule has 0 saturated heterocycles. The van der Waals surface area contributed by atoms with Crippen LogP contribution in [0.15, 0.2) is 54.7 Å². The van der Waals surface area contributed by atoms with Gasteiger partial charge in [-0.25, -0.2) is 0 Å². The lowest BCUT2D eigenvalue weighted by Gasteiger charge is -2.08. The number of benzene rings is 2. The van der Waals surface area contributed by atoms with E-state index in [9.17, 15) is 0 Å². The highest BCUT2D eigenvalue weighted by Gasteiger charge is 2.20. The average molecular weight is 342 g/mol. The van der Waals surface area contributed by atoms with Crippen molar-refractivity contribution in [1.29, 1.82) is 5.41 Å². The van der Waals surface area contributed by atoms with Crippen molar-refractivity contribution >= 4 is 17.0 Å². The van der Waals surface area contributed by atoms with Gasteiger partial charge >= 0.3 is 0 Å². The van der Waals surface area contributed by atoms with E-state index < -0.39 is 0 Å². The summed E-state index contributed by atoms with van der Waals surface area (Å²) in [6.45, 7) is 0. The lowest BCUT2D eigenvalue weighted by Crippen LogP contribution is -2.21. The minimum Gasteiger partial charge on any atom is -0.320 e. The Kier molecular flexibility index (Phi) is 3.33. The van der Waals surface area contributed by atoms with Crippen LogP contribution in [0.3, 0.4) is 0 Å². The first-order valence-corrected chi connectivity index (χ1v) is 6.75. The number of aryl methyl sites for hydroxylation is 1. The van der Waals surface area contributed by atoms with E-state index in [1.165, 1.54) is 16.7 Å². The third-order valence-corrected chi connectivity index (χ3v) is 4.01. The molecule has 1 aliphatic heterocycles. The fourth-order valence-corrected chi connectivity index (χ4v) is 3.02. The van der Waals surface area contributed by atoms with Gasteiger partial charge in [-0.3, -0.25) is 9.98 Å². The molecule has 0 saturated carbocycles. The van der Waals surface area contributed by atoms with E-state index in [0.29, 0.717) is 5.62 Å². The molecule has 0 spiro atoms. The smallest absolute Gasteiger partial charge is 0.206 e. The maximum atomic E-state index is 8.35. The molecule has 2 heterocycles. The normalized spacial score (nSPS) is 11.7. The van der Waals surface area contributed by atoms with Crippen LogP contribution in [0.4, 0.5) is 0 Å². The molecule has 1 aliphatic rings. The molecule has 4 heteroatoms. The van der Waals surface area contributed by atoms with Crippen LogP contribution in [0, 0.1) is 5.41 Å². The van der Waals surface area contributed by atoms with Crippen LogP contribution in [0.1, 0.15) is 11.1 Å². The first-order chi connectivity index (χ1) is 9.75. The summed E-state index contributed by atoms with van der Waals surface area (Å²) in [5.74, 6) is 0. The van der Waals surface area contributed by atoms with Crippen molar-refractivity contribution < 1.29 is 0 Å². The van der Waals surface area contributed by atoms with Gasteiger partial charge in [0.1, 0.15) is 0 Å². The van der Waals surface area contributed by atoms with Gasteiger partial charge in [0, 0.05) is 25.2 Å². The molecule has 3 aromatic rings. The van der Waals surface area contributed by atoms with Gasteiger partial charge < -0.3 is 4.57 Å². The zero-order valence-corrected chi connectivity index (χ0v) is 13.4. The monoisotopic (exact) mass is 341 g/mol. The first-order valence-electron chi connectivity index (χ1n) is 6.75. The van der Waals surface area contributed by atoms with Gasteiger partial charge in [-0.05, 0) is 17.2 Å². The van der Waals surface area contributed by atoms with Crippen molar-refractivity contribution in [2.45, 2.75) is 6.42 Å². The SMILES string of the molecule is Br.Cn1cc2n(c1=N)-c1ccccc1Cc1ccccc1-2. The number of para-hydroxylation sites is 1. The van der Waals surface area contributed by atoms with Gasteiger partial charge in [0.2, 0.25) is 5.62 Å². The maximum absolute atomic E-state index is 8.35. The Balaban J connectivity index is 0.00000132. The molecule has 21 heavy (non-hydrogen) atoms. The number of nitrogens with one attached hydrogen (secondary N) is 1. The zero-order valence-electron chi connectivity index (χ0n) is 11.7. The molecule has 3 nitrogen and oxygen atoms in total. The Bertz CT molecular complexity index is 874. The highest BCUT2D eigenvalue weighted by molar-refractivity contribution is 8.93. The lowest BCUT2D eigenvalue weighted by molar-refractivity contribution is 0.768. The summed E-state index contributed by atoms with van der Waals surface area (Å²) < 4.78 is 3.91. The van der Waals surface area contributed by atoms with E-state index >= 15 is 0 Å². The highest BCUT2D eigenvalue weighted by Crippen LogP contribution is 2.32. The van der Waals surface area contributed by atoms with E-state index in [0.717, 1.165) is 17.8 Å². The molecule has 0 bridgehead atoms. The van der Waals surface area contributed by atoms with Crippen LogP contribution in [0.5, 0.6) is 0 Å². The lowest BCUT2D eigenvalue weighted by atomic mass is 9.99. The van der Waals surface area contributed by atoms with Crippen LogP contribution < -0.4 is 5.62 Å². The van der Waals surface area contributed by atoms with Crippen molar-refractivity contribution in [2.24, 2.45) is 7.05 Å².